The number of nitrogens with zero attached hydrogens (tertiary/aromatic N) is 2. The molecule has 0 radical (unpaired) electrons. The van der Waals surface area contributed by atoms with E-state index in [0.717, 1.165) is 32.2 Å². The molecule has 1 atom stereocenters. The molecule has 0 saturated carbocycles. The fraction of sp³-hybridized carbons (Fsp3) is 0.207. The summed E-state index contributed by atoms with van der Waals surface area (Å²) in [5, 5.41) is 11.8. The Labute approximate surface area is 227 Å². The van der Waals surface area contributed by atoms with Crippen LogP contribution in [0.3, 0.4) is 0 Å². The van der Waals surface area contributed by atoms with Gasteiger partial charge in [-0.1, -0.05) is 64.5 Å². The molecule has 1 N–H and O–H groups in total. The molecule has 1 amide bonds. The summed E-state index contributed by atoms with van der Waals surface area (Å²) in [4.78, 5) is 33.2. The predicted octanol–water partition coefficient (Wildman–Crippen LogP) is 7.09. The average Bonchev–Trinajstić information content (AvgIpc) is 3.41. The molecule has 1 fully saturated rings. The van der Waals surface area contributed by atoms with Crippen molar-refractivity contribution >= 4 is 60.1 Å². The van der Waals surface area contributed by atoms with Gasteiger partial charge in [0, 0.05) is 10.0 Å². The highest BCUT2D eigenvalue weighted by Gasteiger charge is 2.48. The number of amides is 1. The third-order valence-electron chi connectivity index (χ3n) is 6.24. The number of anilines is 1. The molecule has 1 saturated heterocycles. The summed E-state index contributed by atoms with van der Waals surface area (Å²) >= 11 is 4.81. The second-order valence-corrected chi connectivity index (χ2v) is 10.9. The SMILES string of the molecule is CCCOc1cccc(C(O)=C2C(=O)C(=O)N(c3nc4c(C)cc(C)cc4s3)C2c2ccc(Br)cc2)c1. The maximum Gasteiger partial charge on any atom is 0.301 e. The number of thiazole rings is 1. The van der Waals surface area contributed by atoms with Gasteiger partial charge in [0.15, 0.2) is 5.13 Å². The number of fused-ring (bicyclic) bond motifs is 1. The number of aromatic nitrogens is 1. The molecule has 37 heavy (non-hydrogen) atoms. The predicted molar refractivity (Wildman–Crippen MR) is 150 cm³/mol. The van der Waals surface area contributed by atoms with Gasteiger partial charge in [0.25, 0.3) is 5.78 Å². The highest BCUT2D eigenvalue weighted by Crippen LogP contribution is 2.45. The van der Waals surface area contributed by atoms with Gasteiger partial charge < -0.3 is 9.84 Å². The lowest BCUT2D eigenvalue weighted by Gasteiger charge is -2.23. The van der Waals surface area contributed by atoms with E-state index in [1.54, 1.807) is 24.3 Å². The topological polar surface area (TPSA) is 79.7 Å². The third-order valence-corrected chi connectivity index (χ3v) is 7.77. The number of aliphatic hydroxyl groups is 1. The molecule has 8 heteroatoms. The Kier molecular flexibility index (Phi) is 6.88. The first-order valence-corrected chi connectivity index (χ1v) is 13.6. The second-order valence-electron chi connectivity index (χ2n) is 9.02. The lowest BCUT2D eigenvalue weighted by Crippen LogP contribution is -2.29. The lowest BCUT2D eigenvalue weighted by atomic mass is 9.95. The highest BCUT2D eigenvalue weighted by atomic mass is 79.9. The maximum absolute atomic E-state index is 13.5. The van der Waals surface area contributed by atoms with E-state index in [1.165, 1.54) is 16.2 Å². The molecule has 3 aromatic carbocycles. The molecule has 1 aromatic heterocycles. The Morgan fingerprint density at radius 2 is 1.86 bits per heavy atom. The minimum Gasteiger partial charge on any atom is -0.507 e. The van der Waals surface area contributed by atoms with Crippen LogP contribution >= 0.6 is 27.3 Å². The third kappa shape index (κ3) is 4.67. The van der Waals surface area contributed by atoms with Crippen molar-refractivity contribution in [3.05, 3.63) is 93.0 Å². The summed E-state index contributed by atoms with van der Waals surface area (Å²) < 4.78 is 7.51. The summed E-state index contributed by atoms with van der Waals surface area (Å²) in [6, 6.07) is 17.5. The fourth-order valence-electron chi connectivity index (χ4n) is 4.56. The molecule has 0 spiro atoms. The van der Waals surface area contributed by atoms with Crippen molar-refractivity contribution in [3.63, 3.8) is 0 Å². The van der Waals surface area contributed by atoms with Crippen LogP contribution in [0.2, 0.25) is 0 Å². The number of ketones is 1. The number of ether oxygens (including phenoxy) is 1. The van der Waals surface area contributed by atoms with Crippen molar-refractivity contribution < 1.29 is 19.4 Å². The highest BCUT2D eigenvalue weighted by molar-refractivity contribution is 9.10. The molecule has 4 aromatic rings. The van der Waals surface area contributed by atoms with Crippen LogP contribution in [0.15, 0.2) is 70.7 Å². The quantitative estimate of drug-likeness (QED) is 0.150. The van der Waals surface area contributed by atoms with Gasteiger partial charge in [0.2, 0.25) is 0 Å². The number of halogens is 1. The maximum atomic E-state index is 13.5. The van der Waals surface area contributed by atoms with Crippen LogP contribution in [-0.2, 0) is 9.59 Å². The van der Waals surface area contributed by atoms with Crippen molar-refractivity contribution in [1.82, 2.24) is 4.98 Å². The molecule has 2 heterocycles. The van der Waals surface area contributed by atoms with Crippen LogP contribution < -0.4 is 9.64 Å². The van der Waals surface area contributed by atoms with E-state index < -0.39 is 17.7 Å². The van der Waals surface area contributed by atoms with Crippen molar-refractivity contribution in [1.29, 1.82) is 0 Å². The number of hydrogen-bond donors (Lipinski definition) is 1. The van der Waals surface area contributed by atoms with Gasteiger partial charge in [-0.15, -0.1) is 0 Å². The van der Waals surface area contributed by atoms with Crippen molar-refractivity contribution in [2.45, 2.75) is 33.2 Å². The molecule has 6 nitrogen and oxygen atoms in total. The smallest absolute Gasteiger partial charge is 0.301 e. The Morgan fingerprint density at radius 1 is 1.11 bits per heavy atom. The minimum absolute atomic E-state index is 0.0205. The van der Waals surface area contributed by atoms with E-state index in [2.05, 4.69) is 15.9 Å². The fourth-order valence-corrected chi connectivity index (χ4v) is 5.99. The van der Waals surface area contributed by atoms with Crippen LogP contribution in [0.4, 0.5) is 5.13 Å². The largest absolute Gasteiger partial charge is 0.507 e. The van der Waals surface area contributed by atoms with Crippen LogP contribution in [0.1, 0.15) is 41.6 Å². The van der Waals surface area contributed by atoms with E-state index >= 15 is 0 Å². The average molecular weight is 578 g/mol. The molecule has 0 aliphatic carbocycles. The number of carbonyl (C=O) groups is 2. The van der Waals surface area contributed by atoms with Crippen LogP contribution in [0.5, 0.6) is 5.75 Å². The van der Waals surface area contributed by atoms with E-state index in [4.69, 9.17) is 9.72 Å². The summed E-state index contributed by atoms with van der Waals surface area (Å²) in [5.41, 5.74) is 4.00. The minimum atomic E-state index is -0.838. The van der Waals surface area contributed by atoms with E-state index in [1.807, 2.05) is 57.2 Å². The molecule has 0 bridgehead atoms. The van der Waals surface area contributed by atoms with Gasteiger partial charge in [0.1, 0.15) is 11.5 Å². The first-order chi connectivity index (χ1) is 17.8. The van der Waals surface area contributed by atoms with E-state index in [-0.39, 0.29) is 11.3 Å². The number of aliphatic hydroxyl groups excluding tert-OH is 1. The van der Waals surface area contributed by atoms with Gasteiger partial charge in [0.05, 0.1) is 28.4 Å². The number of benzene rings is 3. The van der Waals surface area contributed by atoms with Crippen molar-refractivity contribution in [2.75, 3.05) is 11.5 Å². The Hall–Kier alpha value is -3.49. The number of aryl methyl sites for hydroxylation is 2. The van der Waals surface area contributed by atoms with Crippen molar-refractivity contribution in [2.24, 2.45) is 0 Å². The van der Waals surface area contributed by atoms with Gasteiger partial charge in [-0.2, -0.15) is 0 Å². The summed E-state index contributed by atoms with van der Waals surface area (Å²) in [5.74, 6) is -1.14. The van der Waals surface area contributed by atoms with Crippen molar-refractivity contribution in [3.8, 4) is 5.75 Å². The zero-order valence-electron chi connectivity index (χ0n) is 20.6. The normalized spacial score (nSPS) is 17.1. The number of Topliss-reactive ketones (excluding diaryl/α,β-unsaturated/α-hetero) is 1. The van der Waals surface area contributed by atoms with Crippen LogP contribution in [-0.4, -0.2) is 28.4 Å². The second kappa shape index (κ2) is 10.1. The number of hydrogen-bond acceptors (Lipinski definition) is 6. The van der Waals surface area contributed by atoms with E-state index in [9.17, 15) is 14.7 Å². The zero-order valence-corrected chi connectivity index (χ0v) is 23.0. The number of rotatable bonds is 6. The Bertz CT molecular complexity index is 1560. The van der Waals surface area contributed by atoms with Gasteiger partial charge in [-0.05, 0) is 67.3 Å². The Morgan fingerprint density at radius 3 is 2.59 bits per heavy atom. The molecule has 5 rings (SSSR count). The summed E-state index contributed by atoms with van der Waals surface area (Å²) in [6.07, 6.45) is 0.839. The van der Waals surface area contributed by atoms with Gasteiger partial charge in [-0.25, -0.2) is 4.98 Å². The van der Waals surface area contributed by atoms with Crippen LogP contribution in [0, 0.1) is 13.8 Å². The lowest BCUT2D eigenvalue weighted by molar-refractivity contribution is -0.132. The summed E-state index contributed by atoms with van der Waals surface area (Å²) in [7, 11) is 0. The number of carbonyl (C=O) groups excluding carboxylic acids is 2. The first-order valence-electron chi connectivity index (χ1n) is 12.0. The Balaban J connectivity index is 1.69. The molecular weight excluding hydrogens is 552 g/mol. The zero-order chi connectivity index (χ0) is 26.3. The monoisotopic (exact) mass is 576 g/mol. The molecular formula is C29H25BrN2O4S. The van der Waals surface area contributed by atoms with E-state index in [0.29, 0.717) is 28.6 Å². The molecule has 1 aliphatic rings. The summed E-state index contributed by atoms with van der Waals surface area (Å²) in [6.45, 7) is 6.53. The van der Waals surface area contributed by atoms with Crippen LogP contribution in [0.25, 0.3) is 16.0 Å². The first kappa shape index (κ1) is 25.2. The molecule has 188 valence electrons. The standard InChI is InChI=1S/C29H25BrN2O4S/c1-4-12-36-21-7-5-6-19(15-21)26(33)23-25(18-8-10-20(30)11-9-18)32(28(35)27(23)34)29-31-24-17(3)13-16(2)14-22(24)37-29/h5-11,13-15,25,33H,4,12H2,1-3H3. The molecule has 1 unspecified atom stereocenters. The molecule has 1 aliphatic heterocycles. The van der Waals surface area contributed by atoms with Gasteiger partial charge in [-0.3, -0.25) is 14.5 Å². The van der Waals surface area contributed by atoms with Gasteiger partial charge >= 0.3 is 5.91 Å².